The summed E-state index contributed by atoms with van der Waals surface area (Å²) >= 11 is 0. The third kappa shape index (κ3) is 6.12. The second-order valence-electron chi connectivity index (χ2n) is 7.49. The molecule has 0 aliphatic rings. The molecule has 2 heteroatoms. The predicted octanol–water partition coefficient (Wildman–Crippen LogP) is 7.00. The molecular weight excluding hydrogens is 398 g/mol. The molecule has 0 fully saturated rings. The molecule has 0 bridgehead atoms. The molecule has 4 aromatic carbocycles. The van der Waals surface area contributed by atoms with Crippen molar-refractivity contribution in [3.63, 3.8) is 0 Å². The van der Waals surface area contributed by atoms with E-state index in [9.17, 15) is 0 Å². The number of benzene rings is 4. The topological polar surface area (TPSA) is 0 Å². The SMILES string of the molecule is c1ccc(CP(CCP(Cc2ccccc2)c2ccccc2)c2ccccc2)cc1. The van der Waals surface area contributed by atoms with E-state index in [1.165, 1.54) is 46.4 Å². The van der Waals surface area contributed by atoms with Gasteiger partial charge in [-0.3, -0.25) is 0 Å². The number of rotatable bonds is 9. The van der Waals surface area contributed by atoms with Gasteiger partial charge in [0.05, 0.1) is 0 Å². The highest BCUT2D eigenvalue weighted by Crippen LogP contribution is 2.45. The van der Waals surface area contributed by atoms with Crippen molar-refractivity contribution in [2.45, 2.75) is 12.3 Å². The summed E-state index contributed by atoms with van der Waals surface area (Å²) in [6.45, 7) is 0. The van der Waals surface area contributed by atoms with Crippen LogP contribution in [0.5, 0.6) is 0 Å². The molecule has 0 saturated heterocycles. The van der Waals surface area contributed by atoms with Crippen LogP contribution in [0.4, 0.5) is 0 Å². The Hall–Kier alpha value is -2.26. The molecule has 0 aliphatic heterocycles. The van der Waals surface area contributed by atoms with Crippen LogP contribution in [-0.2, 0) is 12.3 Å². The molecular formula is C28H28P2. The Bertz CT molecular complexity index is 901. The van der Waals surface area contributed by atoms with Crippen LogP contribution in [0.15, 0.2) is 121 Å². The average molecular weight is 426 g/mol. The maximum Gasteiger partial charge on any atom is -0.00327 e. The van der Waals surface area contributed by atoms with Gasteiger partial charge in [0.25, 0.3) is 0 Å². The Morgan fingerprint density at radius 2 is 0.667 bits per heavy atom. The molecule has 30 heavy (non-hydrogen) atoms. The maximum atomic E-state index is 2.33. The standard InChI is InChI=1S/C28H28P2/c1-5-13-25(14-6-1)23-29(27-17-9-3-10-18-27)21-22-30(28-19-11-4-12-20-28)24-26-15-7-2-8-16-26/h1-20H,21-24H2. The van der Waals surface area contributed by atoms with Crippen molar-refractivity contribution in [3.05, 3.63) is 132 Å². The van der Waals surface area contributed by atoms with Gasteiger partial charge < -0.3 is 0 Å². The predicted molar refractivity (Wildman–Crippen MR) is 136 cm³/mol. The van der Waals surface area contributed by atoms with E-state index in [4.69, 9.17) is 0 Å². The summed E-state index contributed by atoms with van der Waals surface area (Å²) in [5.74, 6) is 0. The molecule has 0 heterocycles. The monoisotopic (exact) mass is 426 g/mol. The first-order valence-corrected chi connectivity index (χ1v) is 14.0. The minimum Gasteiger partial charge on any atom is -0.0705 e. The second-order valence-corrected chi connectivity index (χ2v) is 12.2. The van der Waals surface area contributed by atoms with Gasteiger partial charge in [-0.05, 0) is 46.4 Å². The Balaban J connectivity index is 1.54. The van der Waals surface area contributed by atoms with Crippen molar-refractivity contribution >= 4 is 26.5 Å². The lowest BCUT2D eigenvalue weighted by Crippen LogP contribution is -2.11. The molecule has 4 rings (SSSR count). The zero-order valence-corrected chi connectivity index (χ0v) is 19.1. The zero-order chi connectivity index (χ0) is 20.4. The Morgan fingerprint density at radius 3 is 1.00 bits per heavy atom. The van der Waals surface area contributed by atoms with Crippen molar-refractivity contribution in [1.29, 1.82) is 0 Å². The van der Waals surface area contributed by atoms with Gasteiger partial charge >= 0.3 is 0 Å². The van der Waals surface area contributed by atoms with Gasteiger partial charge in [-0.15, -0.1) is 0 Å². The first-order chi connectivity index (χ1) is 14.9. The van der Waals surface area contributed by atoms with E-state index in [-0.39, 0.29) is 15.8 Å². The van der Waals surface area contributed by atoms with Gasteiger partial charge in [-0.1, -0.05) is 137 Å². The fraction of sp³-hybridized carbons (Fsp3) is 0.143. The molecule has 2 atom stereocenters. The molecule has 0 aliphatic carbocycles. The lowest BCUT2D eigenvalue weighted by molar-refractivity contribution is 1.34. The van der Waals surface area contributed by atoms with Crippen molar-refractivity contribution in [3.8, 4) is 0 Å². The lowest BCUT2D eigenvalue weighted by Gasteiger charge is -2.23. The van der Waals surface area contributed by atoms with Crippen LogP contribution in [0, 0.1) is 0 Å². The van der Waals surface area contributed by atoms with E-state index in [0.717, 1.165) is 0 Å². The molecule has 0 radical (unpaired) electrons. The van der Waals surface area contributed by atoms with E-state index >= 15 is 0 Å². The quantitative estimate of drug-likeness (QED) is 0.253. The van der Waals surface area contributed by atoms with Crippen LogP contribution in [-0.4, -0.2) is 12.3 Å². The van der Waals surface area contributed by atoms with Gasteiger partial charge in [0.15, 0.2) is 0 Å². The summed E-state index contributed by atoms with van der Waals surface area (Å²) in [5.41, 5.74) is 2.92. The van der Waals surface area contributed by atoms with Gasteiger partial charge in [0, 0.05) is 0 Å². The van der Waals surface area contributed by atoms with E-state index in [2.05, 4.69) is 121 Å². The molecule has 0 nitrogen and oxygen atoms in total. The fourth-order valence-electron chi connectivity index (χ4n) is 3.73. The minimum atomic E-state index is -0.213. The second kappa shape index (κ2) is 11.2. The third-order valence-electron chi connectivity index (χ3n) is 5.32. The van der Waals surface area contributed by atoms with E-state index in [0.29, 0.717) is 0 Å². The smallest absolute Gasteiger partial charge is 0.00327 e. The highest BCUT2D eigenvalue weighted by molar-refractivity contribution is 7.68. The van der Waals surface area contributed by atoms with Crippen LogP contribution >= 0.6 is 15.8 Å². The maximum absolute atomic E-state index is 2.33. The molecule has 150 valence electrons. The van der Waals surface area contributed by atoms with E-state index in [1.807, 2.05) is 0 Å². The first kappa shape index (κ1) is 21.0. The van der Waals surface area contributed by atoms with Crippen LogP contribution in [0.3, 0.4) is 0 Å². The average Bonchev–Trinajstić information content (AvgIpc) is 2.83. The van der Waals surface area contributed by atoms with Gasteiger partial charge in [0.2, 0.25) is 0 Å². The molecule has 0 N–H and O–H groups in total. The molecule has 0 aromatic heterocycles. The first-order valence-electron chi connectivity index (χ1n) is 10.6. The number of hydrogen-bond acceptors (Lipinski definition) is 0. The molecule has 2 unspecified atom stereocenters. The Kier molecular flexibility index (Phi) is 7.85. The molecule has 0 spiro atoms. The van der Waals surface area contributed by atoms with Crippen molar-refractivity contribution < 1.29 is 0 Å². The minimum absolute atomic E-state index is 0.213. The van der Waals surface area contributed by atoms with Crippen LogP contribution in [0.2, 0.25) is 0 Å². The third-order valence-corrected chi connectivity index (χ3v) is 10.7. The highest BCUT2D eigenvalue weighted by atomic mass is 31.1. The fourth-order valence-corrected chi connectivity index (χ4v) is 9.35. The summed E-state index contributed by atoms with van der Waals surface area (Å²) in [6.07, 6.45) is 4.90. The van der Waals surface area contributed by atoms with E-state index < -0.39 is 0 Å². The lowest BCUT2D eigenvalue weighted by atomic mass is 10.2. The summed E-state index contributed by atoms with van der Waals surface area (Å²) < 4.78 is 0. The van der Waals surface area contributed by atoms with Crippen molar-refractivity contribution in [2.75, 3.05) is 12.3 Å². The van der Waals surface area contributed by atoms with Crippen LogP contribution < -0.4 is 10.6 Å². The summed E-state index contributed by atoms with van der Waals surface area (Å²) in [4.78, 5) is 0. The van der Waals surface area contributed by atoms with Crippen LogP contribution in [0.1, 0.15) is 11.1 Å². The van der Waals surface area contributed by atoms with Gasteiger partial charge in [0.1, 0.15) is 0 Å². The molecule has 0 amide bonds. The molecule has 0 saturated carbocycles. The van der Waals surface area contributed by atoms with Gasteiger partial charge in [-0.2, -0.15) is 0 Å². The summed E-state index contributed by atoms with van der Waals surface area (Å²) in [6, 6.07) is 44.4. The largest absolute Gasteiger partial charge is 0.0705 e. The van der Waals surface area contributed by atoms with Crippen LogP contribution in [0.25, 0.3) is 0 Å². The van der Waals surface area contributed by atoms with Crippen molar-refractivity contribution in [1.82, 2.24) is 0 Å². The highest BCUT2D eigenvalue weighted by Gasteiger charge is 2.17. The summed E-state index contributed by atoms with van der Waals surface area (Å²) in [5, 5.41) is 3.05. The normalized spacial score (nSPS) is 12.9. The summed E-state index contributed by atoms with van der Waals surface area (Å²) in [7, 11) is -0.427. The van der Waals surface area contributed by atoms with E-state index in [1.54, 1.807) is 0 Å². The Labute approximate surface area is 183 Å². The van der Waals surface area contributed by atoms with Gasteiger partial charge in [-0.25, -0.2) is 0 Å². The number of hydrogen-bond donors (Lipinski definition) is 0. The molecule has 4 aromatic rings. The van der Waals surface area contributed by atoms with Crippen molar-refractivity contribution in [2.24, 2.45) is 0 Å². The Morgan fingerprint density at radius 1 is 0.367 bits per heavy atom. The zero-order valence-electron chi connectivity index (χ0n) is 17.3.